The van der Waals surface area contributed by atoms with Crippen molar-refractivity contribution >= 4 is 12.0 Å². The van der Waals surface area contributed by atoms with Gasteiger partial charge in [-0.15, -0.1) is 0 Å². The molecule has 1 aliphatic heterocycles. The maximum atomic E-state index is 12.5. The molecule has 1 aromatic rings. The van der Waals surface area contributed by atoms with Gasteiger partial charge < -0.3 is 15.0 Å². The Morgan fingerprint density at radius 2 is 1.85 bits per heavy atom. The molecule has 2 amide bonds. The lowest BCUT2D eigenvalue weighted by Gasteiger charge is -2.32. The van der Waals surface area contributed by atoms with Gasteiger partial charge in [0.05, 0.1) is 0 Å². The van der Waals surface area contributed by atoms with Crippen LogP contribution in [-0.4, -0.2) is 35.6 Å². The average Bonchev–Trinajstić information content (AvgIpc) is 3.06. The van der Waals surface area contributed by atoms with Crippen molar-refractivity contribution < 1.29 is 14.3 Å². The highest BCUT2D eigenvalue weighted by molar-refractivity contribution is 5.79. The topological polar surface area (TPSA) is 58.6 Å². The minimum atomic E-state index is -0.485. The van der Waals surface area contributed by atoms with Crippen LogP contribution in [0, 0.1) is 5.92 Å². The lowest BCUT2D eigenvalue weighted by atomic mass is 9.96. The zero-order valence-electron chi connectivity index (χ0n) is 16.1. The molecule has 1 aliphatic carbocycles. The molecular formula is C21H30N2O3. The summed E-state index contributed by atoms with van der Waals surface area (Å²) < 4.78 is 5.40. The summed E-state index contributed by atoms with van der Waals surface area (Å²) in [5, 5.41) is 3.07. The normalized spacial score (nSPS) is 17.7. The van der Waals surface area contributed by atoms with Crippen molar-refractivity contribution in [1.29, 1.82) is 0 Å². The van der Waals surface area contributed by atoms with Crippen LogP contribution >= 0.6 is 0 Å². The van der Waals surface area contributed by atoms with Crippen LogP contribution in [0.5, 0.6) is 0 Å². The Bertz CT molecular complexity index is 670. The molecule has 5 nitrogen and oxygen atoms in total. The van der Waals surface area contributed by atoms with Gasteiger partial charge in [-0.1, -0.05) is 18.2 Å². The van der Waals surface area contributed by atoms with Gasteiger partial charge in [-0.25, -0.2) is 4.79 Å². The van der Waals surface area contributed by atoms with Crippen LogP contribution in [0.1, 0.15) is 56.7 Å². The summed E-state index contributed by atoms with van der Waals surface area (Å²) in [6.07, 6.45) is 4.67. The fourth-order valence-corrected chi connectivity index (χ4v) is 3.72. The number of ether oxygens (including phenoxy) is 1. The first-order chi connectivity index (χ1) is 12.3. The van der Waals surface area contributed by atoms with Crippen LogP contribution in [0.4, 0.5) is 4.79 Å². The van der Waals surface area contributed by atoms with Gasteiger partial charge in [0.15, 0.2) is 0 Å². The Labute approximate surface area is 156 Å². The molecule has 1 aromatic carbocycles. The number of hydrogen-bond donors (Lipinski definition) is 1. The van der Waals surface area contributed by atoms with Gasteiger partial charge in [-0.2, -0.15) is 0 Å². The molecule has 0 saturated carbocycles. The van der Waals surface area contributed by atoms with Crippen molar-refractivity contribution in [3.63, 3.8) is 0 Å². The number of nitrogens with one attached hydrogen (secondary N) is 1. The minimum absolute atomic E-state index is 0.0249. The third-order valence-electron chi connectivity index (χ3n) is 5.15. The first-order valence-electron chi connectivity index (χ1n) is 9.68. The Morgan fingerprint density at radius 1 is 1.15 bits per heavy atom. The summed E-state index contributed by atoms with van der Waals surface area (Å²) in [5.41, 5.74) is 3.57. The molecule has 5 heteroatoms. The molecule has 3 rings (SSSR count). The number of carbonyl (C=O) groups is 2. The Morgan fingerprint density at radius 3 is 2.54 bits per heavy atom. The van der Waals surface area contributed by atoms with E-state index in [1.165, 1.54) is 29.5 Å². The zero-order chi connectivity index (χ0) is 18.7. The molecule has 0 aromatic heterocycles. The number of hydrogen-bond acceptors (Lipinski definition) is 3. The van der Waals surface area contributed by atoms with Crippen molar-refractivity contribution in [2.24, 2.45) is 5.92 Å². The van der Waals surface area contributed by atoms with Crippen LogP contribution in [0.15, 0.2) is 18.2 Å². The summed E-state index contributed by atoms with van der Waals surface area (Å²) >= 11 is 0. The first-order valence-corrected chi connectivity index (χ1v) is 9.68. The van der Waals surface area contributed by atoms with Gasteiger partial charge >= 0.3 is 6.09 Å². The molecule has 1 heterocycles. The molecule has 0 atom stereocenters. The van der Waals surface area contributed by atoms with E-state index in [4.69, 9.17) is 4.74 Å². The minimum Gasteiger partial charge on any atom is -0.444 e. The van der Waals surface area contributed by atoms with Gasteiger partial charge in [0.25, 0.3) is 0 Å². The van der Waals surface area contributed by atoms with Crippen LogP contribution in [0.2, 0.25) is 0 Å². The van der Waals surface area contributed by atoms with E-state index in [1.807, 2.05) is 20.8 Å². The number of fused-ring (bicyclic) bond motifs is 1. The molecule has 0 radical (unpaired) electrons. The van der Waals surface area contributed by atoms with Crippen LogP contribution in [0.3, 0.4) is 0 Å². The van der Waals surface area contributed by atoms with Crippen LogP contribution in [0.25, 0.3) is 0 Å². The highest BCUT2D eigenvalue weighted by Gasteiger charge is 2.29. The number of aryl methyl sites for hydroxylation is 2. The molecular weight excluding hydrogens is 328 g/mol. The number of benzene rings is 1. The van der Waals surface area contributed by atoms with Gasteiger partial charge in [-0.05, 0) is 69.6 Å². The van der Waals surface area contributed by atoms with Gasteiger partial charge in [0.1, 0.15) is 5.60 Å². The van der Waals surface area contributed by atoms with Crippen LogP contribution in [-0.2, 0) is 28.9 Å². The van der Waals surface area contributed by atoms with E-state index in [2.05, 4.69) is 23.5 Å². The van der Waals surface area contributed by atoms with E-state index >= 15 is 0 Å². The van der Waals surface area contributed by atoms with E-state index in [1.54, 1.807) is 4.90 Å². The maximum absolute atomic E-state index is 12.5. The highest BCUT2D eigenvalue weighted by atomic mass is 16.6. The number of rotatable bonds is 3. The number of carbonyl (C=O) groups excluding carboxylic acids is 2. The lowest BCUT2D eigenvalue weighted by molar-refractivity contribution is -0.126. The van der Waals surface area contributed by atoms with E-state index in [0.717, 1.165) is 6.42 Å². The molecule has 2 aliphatic rings. The summed E-state index contributed by atoms with van der Waals surface area (Å²) in [4.78, 5) is 26.3. The van der Waals surface area contributed by atoms with E-state index in [0.29, 0.717) is 32.5 Å². The van der Waals surface area contributed by atoms with Crippen molar-refractivity contribution in [3.05, 3.63) is 34.9 Å². The molecule has 1 saturated heterocycles. The summed E-state index contributed by atoms with van der Waals surface area (Å²) in [7, 11) is 0. The predicted octanol–water partition coefficient (Wildman–Crippen LogP) is 3.44. The molecule has 26 heavy (non-hydrogen) atoms. The third kappa shape index (κ3) is 4.77. The van der Waals surface area contributed by atoms with Crippen molar-refractivity contribution in [2.45, 2.75) is 65.0 Å². The molecule has 1 N–H and O–H groups in total. The second-order valence-electron chi connectivity index (χ2n) is 8.42. The smallest absolute Gasteiger partial charge is 0.410 e. The predicted molar refractivity (Wildman–Crippen MR) is 101 cm³/mol. The molecule has 0 bridgehead atoms. The lowest BCUT2D eigenvalue weighted by Crippen LogP contribution is -2.44. The molecule has 0 spiro atoms. The van der Waals surface area contributed by atoms with Gasteiger partial charge in [-0.3, -0.25) is 4.79 Å². The number of nitrogens with zero attached hydrogens (tertiary/aromatic N) is 1. The summed E-state index contributed by atoms with van der Waals surface area (Å²) in [6, 6.07) is 6.55. The Kier molecular flexibility index (Phi) is 5.54. The largest absolute Gasteiger partial charge is 0.444 e. The van der Waals surface area contributed by atoms with Crippen LogP contribution < -0.4 is 5.32 Å². The fraction of sp³-hybridized carbons (Fsp3) is 0.619. The number of likely N-dealkylation sites (tertiary alicyclic amines) is 1. The van der Waals surface area contributed by atoms with E-state index in [9.17, 15) is 9.59 Å². The molecule has 1 fully saturated rings. The van der Waals surface area contributed by atoms with Gasteiger partial charge in [0, 0.05) is 25.6 Å². The van der Waals surface area contributed by atoms with Crippen molar-refractivity contribution in [3.8, 4) is 0 Å². The molecule has 0 unspecified atom stereocenters. The summed E-state index contributed by atoms with van der Waals surface area (Å²) in [6.45, 7) is 7.33. The zero-order valence-corrected chi connectivity index (χ0v) is 16.1. The number of amides is 2. The second-order valence-corrected chi connectivity index (χ2v) is 8.42. The van der Waals surface area contributed by atoms with Crippen molar-refractivity contribution in [1.82, 2.24) is 10.2 Å². The number of piperidine rings is 1. The second kappa shape index (κ2) is 7.68. The van der Waals surface area contributed by atoms with Crippen molar-refractivity contribution in [2.75, 3.05) is 13.1 Å². The van der Waals surface area contributed by atoms with E-state index < -0.39 is 5.60 Å². The van der Waals surface area contributed by atoms with E-state index in [-0.39, 0.29) is 17.9 Å². The average molecular weight is 358 g/mol. The molecule has 142 valence electrons. The SMILES string of the molecule is CC(C)(C)OC(=O)N1CCC(C(=O)NCc2ccc3c(c2)CCC3)CC1. The standard InChI is InChI=1S/C21H30N2O3/c1-21(2,3)26-20(25)23-11-9-17(10-12-23)19(24)22-14-15-7-8-16-5-4-6-18(16)13-15/h7-8,13,17H,4-6,9-12,14H2,1-3H3,(H,22,24). The fourth-order valence-electron chi connectivity index (χ4n) is 3.72. The summed E-state index contributed by atoms with van der Waals surface area (Å²) in [5.74, 6) is 0.0671. The van der Waals surface area contributed by atoms with Gasteiger partial charge in [0.2, 0.25) is 5.91 Å². The quantitative estimate of drug-likeness (QED) is 0.900. The monoisotopic (exact) mass is 358 g/mol. The highest BCUT2D eigenvalue weighted by Crippen LogP contribution is 2.23. The third-order valence-corrected chi connectivity index (χ3v) is 5.15. The Balaban J connectivity index is 1.44. The Hall–Kier alpha value is -2.04. The first kappa shape index (κ1) is 18.7. The maximum Gasteiger partial charge on any atom is 0.410 e.